The van der Waals surface area contributed by atoms with Crippen LogP contribution in [0.2, 0.25) is 0 Å². The minimum atomic E-state index is 0.558. The molecule has 0 aliphatic carbocycles. The Morgan fingerprint density at radius 3 is 2.00 bits per heavy atom. The van der Waals surface area contributed by atoms with Crippen LogP contribution >= 0.6 is 12.2 Å². The van der Waals surface area contributed by atoms with Crippen LogP contribution in [-0.2, 0) is 0 Å². The maximum Gasteiger partial charge on any atom is 0.0189 e. The molecule has 0 bridgehead atoms. The van der Waals surface area contributed by atoms with Gasteiger partial charge in [0.2, 0.25) is 0 Å². The summed E-state index contributed by atoms with van der Waals surface area (Å²) in [6.45, 7) is 11.6. The highest BCUT2D eigenvalue weighted by Gasteiger charge is 2.29. The normalized spacial score (nSPS) is 22.6. The van der Waals surface area contributed by atoms with Crippen LogP contribution in [0.4, 0.5) is 0 Å². The van der Waals surface area contributed by atoms with E-state index in [0.717, 1.165) is 4.86 Å². The molecule has 1 nitrogen and oxygen atoms in total. The van der Waals surface area contributed by atoms with Crippen molar-refractivity contribution in [1.29, 1.82) is 0 Å². The molecule has 1 fully saturated rings. The molecule has 0 aromatic carbocycles. The second kappa shape index (κ2) is 5.22. The van der Waals surface area contributed by atoms with Crippen molar-refractivity contribution in [2.75, 3.05) is 13.1 Å². The number of hydrogen-bond acceptors (Lipinski definition) is 2. The lowest BCUT2D eigenvalue weighted by molar-refractivity contribution is 0.163. The zero-order valence-corrected chi connectivity index (χ0v) is 10.7. The van der Waals surface area contributed by atoms with Gasteiger partial charge in [-0.25, -0.2) is 0 Å². The lowest BCUT2D eigenvalue weighted by Gasteiger charge is -2.35. The Labute approximate surface area is 93.9 Å². The van der Waals surface area contributed by atoms with Gasteiger partial charge < -0.3 is 0 Å². The Bertz CT molecular complexity index is 194. The zero-order chi connectivity index (χ0) is 10.7. The van der Waals surface area contributed by atoms with Gasteiger partial charge in [0.15, 0.2) is 0 Å². The zero-order valence-electron chi connectivity index (χ0n) is 9.92. The Hall–Kier alpha value is 0.0500. The van der Waals surface area contributed by atoms with Crippen LogP contribution in [0.5, 0.6) is 0 Å². The molecule has 0 saturated carbocycles. The lowest BCUT2D eigenvalue weighted by Crippen LogP contribution is -2.43. The van der Waals surface area contributed by atoms with Crippen molar-refractivity contribution in [3.63, 3.8) is 0 Å². The van der Waals surface area contributed by atoms with E-state index in [1.807, 2.05) is 0 Å². The minimum absolute atomic E-state index is 0.558. The van der Waals surface area contributed by atoms with Crippen molar-refractivity contribution < 1.29 is 0 Å². The van der Waals surface area contributed by atoms with Crippen molar-refractivity contribution in [1.82, 2.24) is 4.90 Å². The summed E-state index contributed by atoms with van der Waals surface area (Å²) in [6, 6.07) is 0.662. The smallest absolute Gasteiger partial charge is 0.0189 e. The summed E-state index contributed by atoms with van der Waals surface area (Å²) in [5.74, 6) is 1.27. The molecule has 0 spiro atoms. The Balaban J connectivity index is 2.67. The predicted molar refractivity (Wildman–Crippen MR) is 66.9 cm³/mol. The van der Waals surface area contributed by atoms with Crippen molar-refractivity contribution in [3.05, 3.63) is 0 Å². The molecule has 82 valence electrons. The summed E-state index contributed by atoms with van der Waals surface area (Å²) in [7, 11) is 0. The fourth-order valence-electron chi connectivity index (χ4n) is 2.60. The van der Waals surface area contributed by atoms with E-state index in [1.54, 1.807) is 0 Å². The van der Waals surface area contributed by atoms with E-state index < -0.39 is 0 Å². The molecule has 0 unspecified atom stereocenters. The highest BCUT2D eigenvalue weighted by Crippen LogP contribution is 2.24. The van der Waals surface area contributed by atoms with E-state index in [4.69, 9.17) is 12.2 Å². The standard InChI is InChI=1S/C12H23NS/c1-9(2)12(10(3)11(4)14)13-7-5-6-8-13/h9-10,12H,5-8H2,1-4H3/t10-,12-/m0/s1. The highest BCUT2D eigenvalue weighted by molar-refractivity contribution is 7.80. The molecule has 2 heteroatoms. The lowest BCUT2D eigenvalue weighted by atomic mass is 9.88. The van der Waals surface area contributed by atoms with Gasteiger partial charge in [0, 0.05) is 12.0 Å². The third-order valence-electron chi connectivity index (χ3n) is 3.40. The van der Waals surface area contributed by atoms with Gasteiger partial charge in [0.25, 0.3) is 0 Å². The fraction of sp³-hybridized carbons (Fsp3) is 0.917. The Kier molecular flexibility index (Phi) is 4.52. The topological polar surface area (TPSA) is 3.24 Å². The number of likely N-dealkylation sites (tertiary alicyclic amines) is 1. The van der Waals surface area contributed by atoms with Gasteiger partial charge >= 0.3 is 0 Å². The first kappa shape index (κ1) is 12.1. The summed E-state index contributed by atoms with van der Waals surface area (Å²) >= 11 is 5.32. The first-order valence-electron chi connectivity index (χ1n) is 5.78. The van der Waals surface area contributed by atoms with Gasteiger partial charge in [-0.05, 0) is 43.6 Å². The summed E-state index contributed by atoms with van der Waals surface area (Å²) in [5.41, 5.74) is 0. The molecule has 0 amide bonds. The van der Waals surface area contributed by atoms with Gasteiger partial charge in [0.05, 0.1) is 0 Å². The molecule has 0 aromatic rings. The molecule has 1 aliphatic heterocycles. The van der Waals surface area contributed by atoms with Gasteiger partial charge in [0.1, 0.15) is 0 Å². The van der Waals surface area contributed by atoms with Crippen molar-refractivity contribution in [2.45, 2.75) is 46.6 Å². The molecular formula is C12H23NS. The Morgan fingerprint density at radius 1 is 1.14 bits per heavy atom. The molecule has 2 atom stereocenters. The number of thiocarbonyl (C=S) groups is 1. The van der Waals surface area contributed by atoms with E-state index in [1.165, 1.54) is 25.9 Å². The van der Waals surface area contributed by atoms with Crippen LogP contribution in [0.1, 0.15) is 40.5 Å². The SMILES string of the molecule is CC(=S)[C@H](C)[C@H](C(C)C)N1CCCC1. The molecule has 14 heavy (non-hydrogen) atoms. The molecule has 1 heterocycles. The molecule has 0 radical (unpaired) electrons. The van der Waals surface area contributed by atoms with Crippen LogP contribution < -0.4 is 0 Å². The van der Waals surface area contributed by atoms with Crippen LogP contribution in [0.25, 0.3) is 0 Å². The quantitative estimate of drug-likeness (QED) is 0.660. The minimum Gasteiger partial charge on any atom is -0.300 e. The van der Waals surface area contributed by atoms with Crippen LogP contribution in [0, 0.1) is 11.8 Å². The summed E-state index contributed by atoms with van der Waals surface area (Å²) in [4.78, 5) is 3.79. The van der Waals surface area contributed by atoms with Crippen LogP contribution in [-0.4, -0.2) is 28.9 Å². The van der Waals surface area contributed by atoms with Gasteiger partial charge in [-0.3, -0.25) is 4.90 Å². The third kappa shape index (κ3) is 2.77. The van der Waals surface area contributed by atoms with Gasteiger partial charge in [-0.1, -0.05) is 33.0 Å². The van der Waals surface area contributed by atoms with Gasteiger partial charge in [-0.2, -0.15) is 0 Å². The number of rotatable bonds is 4. The first-order chi connectivity index (χ1) is 6.54. The number of hydrogen-bond donors (Lipinski definition) is 0. The van der Waals surface area contributed by atoms with Crippen molar-refractivity contribution in [2.24, 2.45) is 11.8 Å². The second-order valence-electron chi connectivity index (χ2n) is 4.88. The van der Waals surface area contributed by atoms with E-state index in [0.29, 0.717) is 17.9 Å². The largest absolute Gasteiger partial charge is 0.300 e. The Morgan fingerprint density at radius 2 is 1.64 bits per heavy atom. The maximum atomic E-state index is 5.32. The first-order valence-corrected chi connectivity index (χ1v) is 6.19. The molecule has 0 aromatic heterocycles. The highest BCUT2D eigenvalue weighted by atomic mass is 32.1. The van der Waals surface area contributed by atoms with E-state index >= 15 is 0 Å². The van der Waals surface area contributed by atoms with Gasteiger partial charge in [-0.15, -0.1) is 0 Å². The summed E-state index contributed by atoms with van der Waals surface area (Å²) in [5, 5.41) is 0. The molecule has 1 saturated heterocycles. The van der Waals surface area contributed by atoms with E-state index in [-0.39, 0.29) is 0 Å². The van der Waals surface area contributed by atoms with Crippen molar-refractivity contribution >= 4 is 17.1 Å². The molecule has 0 N–H and O–H groups in total. The van der Waals surface area contributed by atoms with Crippen LogP contribution in [0.3, 0.4) is 0 Å². The summed E-state index contributed by atoms with van der Waals surface area (Å²) < 4.78 is 0. The van der Waals surface area contributed by atoms with E-state index in [2.05, 4.69) is 32.6 Å². The molecule has 1 rings (SSSR count). The van der Waals surface area contributed by atoms with Crippen molar-refractivity contribution in [3.8, 4) is 0 Å². The monoisotopic (exact) mass is 213 g/mol. The number of nitrogens with zero attached hydrogens (tertiary/aromatic N) is 1. The fourth-order valence-corrected chi connectivity index (χ4v) is 2.73. The predicted octanol–water partition coefficient (Wildman–Crippen LogP) is 3.13. The average Bonchev–Trinajstić information content (AvgIpc) is 2.56. The summed E-state index contributed by atoms with van der Waals surface area (Å²) in [6.07, 6.45) is 2.73. The molecule has 1 aliphatic rings. The van der Waals surface area contributed by atoms with Crippen LogP contribution in [0.15, 0.2) is 0 Å². The molecular weight excluding hydrogens is 190 g/mol. The second-order valence-corrected chi connectivity index (χ2v) is 5.52. The van der Waals surface area contributed by atoms with E-state index in [9.17, 15) is 0 Å². The average molecular weight is 213 g/mol. The maximum absolute atomic E-state index is 5.32. The third-order valence-corrected chi connectivity index (χ3v) is 3.77.